The van der Waals surface area contributed by atoms with E-state index in [9.17, 15) is 4.79 Å². The van der Waals surface area contributed by atoms with E-state index in [2.05, 4.69) is 6.58 Å². The maximum Gasteiger partial charge on any atom is 0.330 e. The van der Waals surface area contributed by atoms with Gasteiger partial charge in [0.05, 0.1) is 26.4 Å². The van der Waals surface area contributed by atoms with E-state index in [4.69, 9.17) is 19.3 Å². The van der Waals surface area contributed by atoms with E-state index in [1.54, 1.807) is 0 Å². The predicted octanol–water partition coefficient (Wildman–Crippen LogP) is -0.508. The Morgan fingerprint density at radius 1 is 1.79 bits per heavy atom. The van der Waals surface area contributed by atoms with Crippen molar-refractivity contribution in [2.24, 2.45) is 0 Å². The number of hydrogen-bond donors (Lipinski definition) is 1. The minimum atomic E-state index is -0.626. The highest BCUT2D eigenvalue weighted by Gasteiger charge is 2.23. The monoisotopic (exact) mass is 202 g/mol. The van der Waals surface area contributed by atoms with Gasteiger partial charge < -0.3 is 19.3 Å². The van der Waals surface area contributed by atoms with Crippen LogP contribution in [-0.2, 0) is 19.0 Å². The lowest BCUT2D eigenvalue weighted by molar-refractivity contribution is -0.148. The summed E-state index contributed by atoms with van der Waals surface area (Å²) in [7, 11) is 0. The van der Waals surface area contributed by atoms with Crippen LogP contribution < -0.4 is 0 Å². The Bertz CT molecular complexity index is 199. The summed E-state index contributed by atoms with van der Waals surface area (Å²) < 4.78 is 14.9. The molecule has 1 fully saturated rings. The van der Waals surface area contributed by atoms with Crippen LogP contribution in [0, 0.1) is 0 Å². The molecule has 5 nitrogen and oxygen atoms in total. The van der Waals surface area contributed by atoms with E-state index < -0.39 is 12.1 Å². The molecule has 14 heavy (non-hydrogen) atoms. The second-order valence-corrected chi connectivity index (χ2v) is 2.94. The average Bonchev–Trinajstić information content (AvgIpc) is 2.99. The maximum atomic E-state index is 10.8. The summed E-state index contributed by atoms with van der Waals surface area (Å²) >= 11 is 0. The fourth-order valence-corrected chi connectivity index (χ4v) is 0.832. The Hall–Kier alpha value is -0.910. The largest absolute Gasteiger partial charge is 0.454 e. The molecule has 0 amide bonds. The summed E-state index contributed by atoms with van der Waals surface area (Å²) in [6.45, 7) is 4.36. The molecule has 1 aliphatic heterocycles. The third-order valence-corrected chi connectivity index (χ3v) is 1.66. The molecule has 0 aromatic carbocycles. The van der Waals surface area contributed by atoms with E-state index in [1.807, 2.05) is 0 Å². The molecule has 1 saturated heterocycles. The summed E-state index contributed by atoms with van der Waals surface area (Å²) in [5.74, 6) is -0.560. The summed E-state index contributed by atoms with van der Waals surface area (Å²) in [5.41, 5.74) is 0. The third kappa shape index (κ3) is 4.36. The van der Waals surface area contributed by atoms with Gasteiger partial charge in [-0.3, -0.25) is 0 Å². The van der Waals surface area contributed by atoms with E-state index in [1.165, 1.54) is 0 Å². The number of aliphatic hydroxyl groups excluding tert-OH is 1. The molecule has 1 N–H and O–H groups in total. The number of ether oxygens (including phenoxy) is 3. The van der Waals surface area contributed by atoms with Crippen molar-refractivity contribution in [3.8, 4) is 0 Å². The highest BCUT2D eigenvalue weighted by molar-refractivity contribution is 5.81. The second-order valence-electron chi connectivity index (χ2n) is 2.94. The van der Waals surface area contributed by atoms with Gasteiger partial charge >= 0.3 is 5.97 Å². The zero-order valence-electron chi connectivity index (χ0n) is 7.85. The molecule has 1 heterocycles. The van der Waals surface area contributed by atoms with E-state index in [0.717, 1.165) is 12.7 Å². The Morgan fingerprint density at radius 3 is 3.00 bits per heavy atom. The van der Waals surface area contributed by atoms with Crippen molar-refractivity contribution in [1.29, 1.82) is 0 Å². The number of epoxide rings is 1. The lowest BCUT2D eigenvalue weighted by Crippen LogP contribution is -2.27. The topological polar surface area (TPSA) is 68.3 Å². The molecule has 1 rings (SSSR count). The first-order valence-corrected chi connectivity index (χ1v) is 4.39. The Morgan fingerprint density at radius 2 is 2.50 bits per heavy atom. The van der Waals surface area contributed by atoms with Gasteiger partial charge in [0.15, 0.2) is 0 Å². The van der Waals surface area contributed by atoms with Gasteiger partial charge in [0.25, 0.3) is 0 Å². The van der Waals surface area contributed by atoms with Crippen LogP contribution in [-0.4, -0.2) is 49.7 Å². The van der Waals surface area contributed by atoms with Crippen molar-refractivity contribution >= 4 is 5.97 Å². The number of aliphatic hydroxyl groups is 1. The first-order chi connectivity index (χ1) is 6.76. The number of esters is 1. The van der Waals surface area contributed by atoms with Gasteiger partial charge in [0.1, 0.15) is 12.2 Å². The van der Waals surface area contributed by atoms with Crippen LogP contribution in [0.1, 0.15) is 0 Å². The third-order valence-electron chi connectivity index (χ3n) is 1.66. The smallest absolute Gasteiger partial charge is 0.330 e. The first-order valence-electron chi connectivity index (χ1n) is 4.39. The van der Waals surface area contributed by atoms with Crippen LogP contribution in [0.5, 0.6) is 0 Å². The minimum Gasteiger partial charge on any atom is -0.454 e. The molecular formula is C9H14O5. The standard InChI is InChI=1S/C9H14O5/c1-2-9(11)14-7(3-10)4-12-5-8-6-13-8/h2,7-8,10H,1,3-6H2. The average molecular weight is 202 g/mol. The fraction of sp³-hybridized carbons (Fsp3) is 0.667. The van der Waals surface area contributed by atoms with Crippen LogP contribution >= 0.6 is 0 Å². The quantitative estimate of drug-likeness (QED) is 0.342. The van der Waals surface area contributed by atoms with Crippen molar-refractivity contribution in [2.45, 2.75) is 12.2 Å². The number of rotatable bonds is 7. The van der Waals surface area contributed by atoms with Crippen molar-refractivity contribution < 1.29 is 24.1 Å². The number of carbonyl (C=O) groups is 1. The fourth-order valence-electron chi connectivity index (χ4n) is 0.832. The zero-order chi connectivity index (χ0) is 10.4. The molecule has 0 radical (unpaired) electrons. The summed E-state index contributed by atoms with van der Waals surface area (Å²) in [6, 6.07) is 0. The zero-order valence-corrected chi connectivity index (χ0v) is 7.85. The van der Waals surface area contributed by atoms with Gasteiger partial charge in [-0.15, -0.1) is 0 Å². The Labute approximate surface area is 82.3 Å². The molecule has 2 unspecified atom stereocenters. The minimum absolute atomic E-state index is 0.171. The Kier molecular flexibility index (Phi) is 4.58. The maximum absolute atomic E-state index is 10.8. The van der Waals surface area contributed by atoms with Crippen LogP contribution in [0.25, 0.3) is 0 Å². The van der Waals surface area contributed by atoms with Crippen molar-refractivity contribution in [3.05, 3.63) is 12.7 Å². The van der Waals surface area contributed by atoms with Crippen LogP contribution in [0.15, 0.2) is 12.7 Å². The molecular weight excluding hydrogens is 188 g/mol. The molecule has 0 bridgehead atoms. The van der Waals surface area contributed by atoms with Gasteiger partial charge in [-0.2, -0.15) is 0 Å². The normalized spacial score (nSPS) is 21.4. The van der Waals surface area contributed by atoms with Gasteiger partial charge in [0.2, 0.25) is 0 Å². The van der Waals surface area contributed by atoms with Crippen LogP contribution in [0.4, 0.5) is 0 Å². The van der Waals surface area contributed by atoms with E-state index in [-0.39, 0.29) is 19.3 Å². The van der Waals surface area contributed by atoms with Crippen molar-refractivity contribution in [3.63, 3.8) is 0 Å². The van der Waals surface area contributed by atoms with E-state index >= 15 is 0 Å². The van der Waals surface area contributed by atoms with Gasteiger partial charge in [-0.05, 0) is 0 Å². The second kappa shape index (κ2) is 5.74. The number of carbonyl (C=O) groups excluding carboxylic acids is 1. The summed E-state index contributed by atoms with van der Waals surface area (Å²) in [6.07, 6.45) is 0.593. The van der Waals surface area contributed by atoms with Crippen molar-refractivity contribution in [2.75, 3.05) is 26.4 Å². The van der Waals surface area contributed by atoms with Gasteiger partial charge in [-0.25, -0.2) is 4.79 Å². The molecule has 0 aromatic rings. The molecule has 0 aliphatic carbocycles. The molecule has 0 spiro atoms. The molecule has 2 atom stereocenters. The van der Waals surface area contributed by atoms with Gasteiger partial charge in [0, 0.05) is 6.08 Å². The molecule has 0 saturated carbocycles. The predicted molar refractivity (Wildman–Crippen MR) is 47.7 cm³/mol. The molecule has 1 aliphatic rings. The molecule has 5 heteroatoms. The SMILES string of the molecule is C=CC(=O)OC(CO)COCC1CO1. The van der Waals surface area contributed by atoms with Crippen molar-refractivity contribution in [1.82, 2.24) is 0 Å². The lowest BCUT2D eigenvalue weighted by atomic mass is 10.4. The number of hydrogen-bond acceptors (Lipinski definition) is 5. The van der Waals surface area contributed by atoms with E-state index in [0.29, 0.717) is 6.61 Å². The lowest BCUT2D eigenvalue weighted by Gasteiger charge is -2.13. The highest BCUT2D eigenvalue weighted by atomic mass is 16.6. The van der Waals surface area contributed by atoms with Crippen LogP contribution in [0.2, 0.25) is 0 Å². The van der Waals surface area contributed by atoms with Gasteiger partial charge in [-0.1, -0.05) is 6.58 Å². The highest BCUT2D eigenvalue weighted by Crippen LogP contribution is 2.08. The first kappa shape index (κ1) is 11.2. The molecule has 80 valence electrons. The van der Waals surface area contributed by atoms with Crippen LogP contribution in [0.3, 0.4) is 0 Å². The summed E-state index contributed by atoms with van der Waals surface area (Å²) in [5, 5.41) is 8.83. The Balaban J connectivity index is 2.09. The summed E-state index contributed by atoms with van der Waals surface area (Å²) in [4.78, 5) is 10.8. The molecule has 0 aromatic heterocycles.